The van der Waals surface area contributed by atoms with Crippen LogP contribution in [0, 0.1) is 0 Å². The van der Waals surface area contributed by atoms with E-state index in [9.17, 15) is 9.59 Å². The lowest BCUT2D eigenvalue weighted by atomic mass is 10.00. The summed E-state index contributed by atoms with van der Waals surface area (Å²) >= 11 is 0. The zero-order chi connectivity index (χ0) is 20.0. The van der Waals surface area contributed by atoms with Crippen molar-refractivity contribution in [1.29, 1.82) is 0 Å². The van der Waals surface area contributed by atoms with Crippen molar-refractivity contribution in [2.75, 3.05) is 26.4 Å². The molecular formula is C21H29NO5. The third-order valence-electron chi connectivity index (χ3n) is 3.88. The number of hydrogen-bond acceptors (Lipinski definition) is 6. The molecule has 148 valence electrons. The molecule has 1 atom stereocenters. The van der Waals surface area contributed by atoms with Gasteiger partial charge in [0.25, 0.3) is 0 Å². The predicted molar refractivity (Wildman–Crippen MR) is 104 cm³/mol. The molecule has 1 heterocycles. The van der Waals surface area contributed by atoms with Crippen molar-refractivity contribution in [1.82, 2.24) is 5.32 Å². The average molecular weight is 375 g/mol. The van der Waals surface area contributed by atoms with Crippen LogP contribution in [0.3, 0.4) is 0 Å². The fourth-order valence-corrected chi connectivity index (χ4v) is 2.46. The predicted octanol–water partition coefficient (Wildman–Crippen LogP) is 3.09. The molecule has 6 nitrogen and oxygen atoms in total. The molecule has 0 aliphatic carbocycles. The van der Waals surface area contributed by atoms with E-state index in [-0.39, 0.29) is 5.97 Å². The molecule has 1 aliphatic heterocycles. The highest BCUT2D eigenvalue weighted by Gasteiger charge is 2.36. The Kier molecular flexibility index (Phi) is 10.7. The number of nitrogens with one attached hydrogen (secondary N) is 1. The first kappa shape index (κ1) is 22.6. The van der Waals surface area contributed by atoms with Crippen molar-refractivity contribution in [3.8, 4) is 0 Å². The molecule has 1 aromatic carbocycles. The molecule has 1 aliphatic rings. The first-order valence-corrected chi connectivity index (χ1v) is 9.11. The zero-order valence-electron chi connectivity index (χ0n) is 15.9. The number of carbonyl (C=O) groups excluding carboxylic acids is 2. The van der Waals surface area contributed by atoms with E-state index in [1.54, 1.807) is 0 Å². The van der Waals surface area contributed by atoms with Gasteiger partial charge in [-0.15, -0.1) is 0 Å². The van der Waals surface area contributed by atoms with Gasteiger partial charge in [0.05, 0.1) is 19.8 Å². The molecule has 0 radical (unpaired) electrons. The Morgan fingerprint density at radius 3 is 2.30 bits per heavy atom. The maximum atomic E-state index is 11.0. The lowest BCUT2D eigenvalue weighted by Crippen LogP contribution is -2.39. The van der Waals surface area contributed by atoms with Gasteiger partial charge in [0, 0.05) is 25.1 Å². The zero-order valence-corrected chi connectivity index (χ0v) is 15.9. The molecule has 1 unspecified atom stereocenters. The number of ether oxygens (including phenoxy) is 3. The van der Waals surface area contributed by atoms with Gasteiger partial charge < -0.3 is 14.2 Å². The van der Waals surface area contributed by atoms with Gasteiger partial charge in [0.2, 0.25) is 0 Å². The fourth-order valence-electron chi connectivity index (χ4n) is 2.46. The Bertz CT molecular complexity index is 594. The number of esters is 2. The molecule has 0 spiro atoms. The highest BCUT2D eigenvalue weighted by molar-refractivity contribution is 5.81. The molecule has 1 fully saturated rings. The Morgan fingerprint density at radius 1 is 1.15 bits per heavy atom. The molecule has 0 aromatic heterocycles. The van der Waals surface area contributed by atoms with E-state index in [4.69, 9.17) is 9.47 Å². The minimum Gasteiger partial charge on any atom is -0.463 e. The topological polar surface area (TPSA) is 73.9 Å². The van der Waals surface area contributed by atoms with Crippen LogP contribution in [0.2, 0.25) is 0 Å². The van der Waals surface area contributed by atoms with E-state index in [1.807, 2.05) is 37.3 Å². The Balaban J connectivity index is 0.000000345. The molecular weight excluding hydrogens is 346 g/mol. The summed E-state index contributed by atoms with van der Waals surface area (Å²) in [7, 11) is 0. The largest absolute Gasteiger partial charge is 0.463 e. The van der Waals surface area contributed by atoms with Crippen LogP contribution in [-0.4, -0.2) is 38.3 Å². The quantitative estimate of drug-likeness (QED) is 0.406. The van der Waals surface area contributed by atoms with Crippen LogP contribution in [0.1, 0.15) is 31.7 Å². The SMILES string of the molecule is C=CC(=O)OCCC1(c2ccccc2)NCCO1.C=CC(=O)OCCCC. The number of rotatable bonds is 9. The van der Waals surface area contributed by atoms with Crippen LogP contribution in [0.5, 0.6) is 0 Å². The van der Waals surface area contributed by atoms with Gasteiger partial charge in [-0.2, -0.15) is 0 Å². The van der Waals surface area contributed by atoms with Crippen LogP contribution < -0.4 is 5.32 Å². The molecule has 27 heavy (non-hydrogen) atoms. The molecule has 1 saturated heterocycles. The second-order valence-corrected chi connectivity index (χ2v) is 5.82. The van der Waals surface area contributed by atoms with Gasteiger partial charge in [-0.25, -0.2) is 9.59 Å². The van der Waals surface area contributed by atoms with Crippen LogP contribution >= 0.6 is 0 Å². The first-order valence-electron chi connectivity index (χ1n) is 9.11. The third kappa shape index (κ3) is 8.19. The lowest BCUT2D eigenvalue weighted by molar-refractivity contribution is -0.140. The van der Waals surface area contributed by atoms with Gasteiger partial charge in [-0.1, -0.05) is 56.8 Å². The minimum absolute atomic E-state index is 0.298. The van der Waals surface area contributed by atoms with Crippen molar-refractivity contribution in [3.05, 3.63) is 61.2 Å². The summed E-state index contributed by atoms with van der Waals surface area (Å²) in [6.07, 6.45) is 4.90. The highest BCUT2D eigenvalue weighted by atomic mass is 16.5. The van der Waals surface area contributed by atoms with Crippen LogP contribution in [-0.2, 0) is 29.5 Å². The van der Waals surface area contributed by atoms with Gasteiger partial charge in [-0.3, -0.25) is 5.32 Å². The van der Waals surface area contributed by atoms with Gasteiger partial charge in [-0.05, 0) is 12.0 Å². The molecule has 1 aromatic rings. The highest BCUT2D eigenvalue weighted by Crippen LogP contribution is 2.29. The van der Waals surface area contributed by atoms with E-state index in [2.05, 4.69) is 23.2 Å². The van der Waals surface area contributed by atoms with Crippen LogP contribution in [0.25, 0.3) is 0 Å². The Morgan fingerprint density at radius 2 is 1.78 bits per heavy atom. The van der Waals surface area contributed by atoms with Crippen molar-refractivity contribution in [3.63, 3.8) is 0 Å². The summed E-state index contributed by atoms with van der Waals surface area (Å²) < 4.78 is 15.5. The summed E-state index contributed by atoms with van der Waals surface area (Å²) in [5.74, 6) is -0.736. The molecule has 6 heteroatoms. The lowest BCUT2D eigenvalue weighted by Gasteiger charge is -2.28. The maximum Gasteiger partial charge on any atom is 0.330 e. The Labute approximate surface area is 161 Å². The van der Waals surface area contributed by atoms with Gasteiger partial charge in [0.1, 0.15) is 5.72 Å². The average Bonchev–Trinajstić information content (AvgIpc) is 3.19. The molecule has 0 bridgehead atoms. The van der Waals surface area contributed by atoms with E-state index < -0.39 is 11.7 Å². The van der Waals surface area contributed by atoms with E-state index in [0.717, 1.165) is 31.0 Å². The van der Waals surface area contributed by atoms with E-state index >= 15 is 0 Å². The minimum atomic E-state index is -0.539. The van der Waals surface area contributed by atoms with Gasteiger partial charge in [0.15, 0.2) is 0 Å². The summed E-state index contributed by atoms with van der Waals surface area (Å²) in [6, 6.07) is 9.91. The fraction of sp³-hybridized carbons (Fsp3) is 0.429. The van der Waals surface area contributed by atoms with Crippen molar-refractivity contribution < 1.29 is 23.8 Å². The molecule has 1 N–H and O–H groups in total. The Hall–Kier alpha value is -2.44. The third-order valence-corrected chi connectivity index (χ3v) is 3.88. The molecule has 2 rings (SSSR count). The summed E-state index contributed by atoms with van der Waals surface area (Å²) in [4.78, 5) is 21.4. The van der Waals surface area contributed by atoms with Gasteiger partial charge >= 0.3 is 11.9 Å². The van der Waals surface area contributed by atoms with E-state index in [0.29, 0.717) is 26.2 Å². The van der Waals surface area contributed by atoms with Crippen molar-refractivity contribution in [2.45, 2.75) is 31.9 Å². The van der Waals surface area contributed by atoms with E-state index in [1.165, 1.54) is 6.08 Å². The summed E-state index contributed by atoms with van der Waals surface area (Å²) in [6.45, 7) is 10.9. The standard InChI is InChI=1S/C14H17NO3.C7H12O2/c1-2-13(16)17-10-8-14(15-9-11-18-14)12-6-4-3-5-7-12;1-3-5-6-9-7(8)4-2/h2-7,15H,1,8-11H2;4H,2-3,5-6H2,1H3. The number of benzene rings is 1. The smallest absolute Gasteiger partial charge is 0.330 e. The number of hydrogen-bond donors (Lipinski definition) is 1. The normalized spacial score (nSPS) is 18.0. The van der Waals surface area contributed by atoms with Crippen LogP contribution in [0.4, 0.5) is 0 Å². The van der Waals surface area contributed by atoms with Crippen molar-refractivity contribution >= 4 is 11.9 Å². The first-order chi connectivity index (χ1) is 13.1. The summed E-state index contributed by atoms with van der Waals surface area (Å²) in [5, 5.41) is 3.34. The monoisotopic (exact) mass is 375 g/mol. The van der Waals surface area contributed by atoms with Crippen LogP contribution in [0.15, 0.2) is 55.6 Å². The second-order valence-electron chi connectivity index (χ2n) is 5.82. The van der Waals surface area contributed by atoms with Crippen molar-refractivity contribution in [2.24, 2.45) is 0 Å². The maximum absolute atomic E-state index is 11.0. The summed E-state index contributed by atoms with van der Waals surface area (Å²) in [5.41, 5.74) is 0.514. The number of unbranched alkanes of at least 4 members (excludes halogenated alkanes) is 1. The molecule has 0 saturated carbocycles. The molecule has 0 amide bonds. The number of carbonyl (C=O) groups is 2. The second kappa shape index (κ2) is 12.8.